The molecule has 0 aliphatic rings. The van der Waals surface area contributed by atoms with Gasteiger partial charge in [-0.15, -0.1) is 5.54 Å². The third-order valence-electron chi connectivity index (χ3n) is 12.3. The van der Waals surface area contributed by atoms with Crippen LogP contribution in [0.3, 0.4) is 0 Å². The Hall–Kier alpha value is -3.17. The summed E-state index contributed by atoms with van der Waals surface area (Å²) in [5.41, 5.74) is 2.57. The molecule has 0 aliphatic heterocycles. The van der Waals surface area contributed by atoms with Crippen LogP contribution in [-0.4, -0.2) is 234 Å². The number of halogens is 5. The smallest absolute Gasteiger partial charge is 0.200 e. The van der Waals surface area contributed by atoms with Gasteiger partial charge in [-0.1, -0.05) is 47.5 Å². The average Bonchev–Trinajstić information content (AvgIpc) is 3.51. The minimum absolute atomic E-state index is 0.0742. The van der Waals surface area contributed by atoms with Crippen molar-refractivity contribution in [3.63, 3.8) is 0 Å². The Morgan fingerprint density at radius 1 is 0.346 bits per heavy atom. The second-order valence-electron chi connectivity index (χ2n) is 19.1. The van der Waals surface area contributed by atoms with Crippen LogP contribution in [0.15, 0.2) is 12.1 Å². The quantitative estimate of drug-likeness (QED) is 0.0157. The molecular weight excluding hydrogens is 1100 g/mol. The van der Waals surface area contributed by atoms with E-state index in [0.29, 0.717) is 92.5 Å². The van der Waals surface area contributed by atoms with Crippen molar-refractivity contribution in [2.24, 2.45) is 0 Å². The molecule has 0 N–H and O–H groups in total. The van der Waals surface area contributed by atoms with Crippen molar-refractivity contribution in [3.05, 3.63) is 46.8 Å². The van der Waals surface area contributed by atoms with Crippen molar-refractivity contribution in [3.8, 4) is 34.1 Å². The third kappa shape index (κ3) is 29.5. The molecule has 2 rings (SSSR count). The number of benzene rings is 2. The van der Waals surface area contributed by atoms with Gasteiger partial charge in [-0.2, -0.15) is 0 Å². The monoisotopic (exact) mass is 1190 g/mol. The highest BCUT2D eigenvalue weighted by Crippen LogP contribution is 2.43. The molecule has 0 heterocycles. The van der Waals surface area contributed by atoms with Crippen molar-refractivity contribution in [1.29, 1.82) is 0 Å². The van der Waals surface area contributed by atoms with Crippen LogP contribution in [0.25, 0.3) is 11.1 Å². The summed E-state index contributed by atoms with van der Waals surface area (Å²) in [5.74, 6) is -7.86. The summed E-state index contributed by atoms with van der Waals surface area (Å²) in [4.78, 5) is 0. The zero-order valence-corrected chi connectivity index (χ0v) is 50.6. The molecule has 0 radical (unpaired) electrons. The lowest BCUT2D eigenvalue weighted by Crippen LogP contribution is -2.43. The van der Waals surface area contributed by atoms with E-state index < -0.39 is 60.5 Å². The number of ether oxygens (including phenoxy) is 18. The van der Waals surface area contributed by atoms with Gasteiger partial charge in [0.2, 0.25) is 5.82 Å². The molecule has 2 aromatic rings. The number of methoxy groups -OCH3 is 4. The predicted molar refractivity (Wildman–Crippen MR) is 296 cm³/mol. The molecular formula is C57H93F5O18Si. The fourth-order valence-corrected chi connectivity index (χ4v) is 13.5. The Balaban J connectivity index is 2.77. The molecule has 81 heavy (non-hydrogen) atoms. The van der Waals surface area contributed by atoms with Gasteiger partial charge in [0, 0.05) is 40.1 Å². The highest BCUT2D eigenvalue weighted by atomic mass is 28.3. The van der Waals surface area contributed by atoms with E-state index in [-0.39, 0.29) is 126 Å². The van der Waals surface area contributed by atoms with Crippen molar-refractivity contribution in [1.82, 2.24) is 0 Å². The molecule has 0 aromatic heterocycles. The minimum Gasteiger partial charge on any atom is -0.485 e. The first kappa shape index (κ1) is 73.9. The maximum Gasteiger partial charge on any atom is 0.200 e. The van der Waals surface area contributed by atoms with E-state index in [9.17, 15) is 4.39 Å². The normalized spacial score (nSPS) is 12.0. The molecule has 0 saturated heterocycles. The van der Waals surface area contributed by atoms with E-state index in [1.807, 2.05) is 0 Å². The summed E-state index contributed by atoms with van der Waals surface area (Å²) >= 11 is 0. The van der Waals surface area contributed by atoms with Gasteiger partial charge in [-0.25, -0.2) is 22.0 Å². The topological polar surface area (TPSA) is 166 Å². The van der Waals surface area contributed by atoms with E-state index >= 15 is 17.6 Å². The average molecular weight is 1190 g/mol. The zero-order chi connectivity index (χ0) is 59.5. The summed E-state index contributed by atoms with van der Waals surface area (Å²) in [5, 5.41) is 0. The van der Waals surface area contributed by atoms with Crippen LogP contribution in [0.2, 0.25) is 16.6 Å². The van der Waals surface area contributed by atoms with Crippen LogP contribution >= 0.6 is 0 Å². The van der Waals surface area contributed by atoms with Gasteiger partial charge < -0.3 is 85.3 Å². The second kappa shape index (κ2) is 46.2. The van der Waals surface area contributed by atoms with Crippen molar-refractivity contribution in [2.45, 2.75) is 70.4 Å². The number of rotatable bonds is 52. The maximum absolute atomic E-state index is 16.3. The van der Waals surface area contributed by atoms with Crippen LogP contribution in [0.5, 0.6) is 11.5 Å². The highest BCUT2D eigenvalue weighted by Gasteiger charge is 2.42. The van der Waals surface area contributed by atoms with Crippen LogP contribution < -0.4 is 9.47 Å². The first-order chi connectivity index (χ1) is 39.2. The van der Waals surface area contributed by atoms with E-state index in [4.69, 9.17) is 85.3 Å². The number of hydrogen-bond acceptors (Lipinski definition) is 18. The lowest BCUT2D eigenvalue weighted by molar-refractivity contribution is -0.0414. The number of hydrogen-bond donors (Lipinski definition) is 0. The van der Waals surface area contributed by atoms with Gasteiger partial charge >= 0.3 is 0 Å². The van der Waals surface area contributed by atoms with Crippen LogP contribution in [0, 0.1) is 40.6 Å². The van der Waals surface area contributed by atoms with Gasteiger partial charge in [0.25, 0.3) is 0 Å². The summed E-state index contributed by atoms with van der Waals surface area (Å²) < 4.78 is 180. The maximum atomic E-state index is 16.3. The van der Waals surface area contributed by atoms with Crippen LogP contribution in [0.1, 0.15) is 47.1 Å². The van der Waals surface area contributed by atoms with Crippen molar-refractivity contribution in [2.75, 3.05) is 213 Å². The fourth-order valence-electron chi connectivity index (χ4n) is 8.28. The molecule has 0 amide bonds. The fraction of sp³-hybridized carbons (Fsp3) is 0.754. The molecule has 0 atom stereocenters. The van der Waals surface area contributed by atoms with Crippen LogP contribution in [-0.2, 0) is 75.8 Å². The van der Waals surface area contributed by atoms with Gasteiger partial charge in [0.1, 0.15) is 31.8 Å². The third-order valence-corrected chi connectivity index (χ3v) is 18.6. The summed E-state index contributed by atoms with van der Waals surface area (Å²) in [6.07, 6.45) is -1.98. The lowest BCUT2D eigenvalue weighted by Gasteiger charge is -2.38. The minimum atomic E-state index is -2.53. The largest absolute Gasteiger partial charge is 0.485 e. The molecule has 18 nitrogen and oxygen atoms in total. The SMILES string of the molecule is COCCOCCOCCOCC(COCCOCCOCCOC)Oc1cc(-c2c(F)c(F)c(F)c(F)c2F)c(OC(COCCOCCOCCOC)COCCOCCOCCOC)cc1C#C[Si](C(C)C)(C(C)C)C(C)C. The van der Waals surface area contributed by atoms with Gasteiger partial charge in [0.05, 0.1) is 196 Å². The molecule has 0 saturated carbocycles. The zero-order valence-electron chi connectivity index (χ0n) is 49.6. The predicted octanol–water partition coefficient (Wildman–Crippen LogP) is 7.90. The van der Waals surface area contributed by atoms with E-state index in [2.05, 4.69) is 53.0 Å². The molecule has 0 fully saturated rings. The first-order valence-corrected chi connectivity index (χ1v) is 29.9. The van der Waals surface area contributed by atoms with E-state index in [1.165, 1.54) is 6.07 Å². The summed E-state index contributed by atoms with van der Waals surface area (Å²) in [6.45, 7) is 19.3. The highest BCUT2D eigenvalue weighted by molar-refractivity contribution is 6.90. The summed E-state index contributed by atoms with van der Waals surface area (Å²) in [7, 11) is 3.78. The molecule has 2 aromatic carbocycles. The Morgan fingerprint density at radius 2 is 0.605 bits per heavy atom. The Kier molecular flexibility index (Phi) is 42.1. The first-order valence-electron chi connectivity index (χ1n) is 27.7. The molecule has 0 spiro atoms. The van der Waals surface area contributed by atoms with Crippen molar-refractivity contribution >= 4 is 8.07 Å². The second-order valence-corrected chi connectivity index (χ2v) is 24.7. The molecule has 0 unspecified atom stereocenters. The molecule has 468 valence electrons. The lowest BCUT2D eigenvalue weighted by atomic mass is 9.99. The Labute approximate surface area is 478 Å². The van der Waals surface area contributed by atoms with Crippen LogP contribution in [0.4, 0.5) is 22.0 Å². The van der Waals surface area contributed by atoms with E-state index in [1.54, 1.807) is 28.4 Å². The standard InChI is InChI=1S/C57H93F5O18Si/c1-43(2)81(44(3)4,45(5)6)36-11-46-37-51(80-48(41-77-34-30-73-26-22-69-18-14-65-9)42-78-35-31-74-27-23-70-19-15-66-10)49(52-53(58)55(60)57(62)56(61)54(52)59)38-50(46)79-47(39-75-32-28-71-24-20-67-16-12-63-7)40-76-33-29-72-25-21-68-17-13-64-8/h37-38,43-45,47-48H,12-35,39-42H2,1-10H3. The van der Waals surface area contributed by atoms with Crippen molar-refractivity contribution < 1.29 is 107 Å². The molecule has 0 bridgehead atoms. The molecule has 0 aliphatic carbocycles. The van der Waals surface area contributed by atoms with Gasteiger partial charge in [0.15, 0.2) is 23.3 Å². The summed E-state index contributed by atoms with van der Waals surface area (Å²) in [6, 6.07) is 2.54. The Morgan fingerprint density at radius 3 is 0.889 bits per heavy atom. The molecule has 24 heteroatoms. The Bertz CT molecular complexity index is 1880. The van der Waals surface area contributed by atoms with E-state index in [0.717, 1.165) is 6.07 Å². The van der Waals surface area contributed by atoms with Gasteiger partial charge in [-0.05, 0) is 22.7 Å². The van der Waals surface area contributed by atoms with Gasteiger partial charge in [-0.3, -0.25) is 0 Å².